The molecule has 2 aliphatic rings. The molecule has 172 valence electrons. The first kappa shape index (κ1) is 21.3. The highest BCUT2D eigenvalue weighted by Gasteiger charge is 2.26. The molecule has 5 rings (SSSR count). The minimum absolute atomic E-state index is 0.00203. The first-order valence-corrected chi connectivity index (χ1v) is 10.9. The second-order valence-corrected chi connectivity index (χ2v) is 8.06. The molecule has 3 aromatic rings. The Morgan fingerprint density at radius 2 is 1.94 bits per heavy atom. The molecule has 0 radical (unpaired) electrons. The Morgan fingerprint density at radius 3 is 2.79 bits per heavy atom. The van der Waals surface area contributed by atoms with E-state index in [2.05, 4.69) is 10.4 Å². The maximum absolute atomic E-state index is 13.3. The van der Waals surface area contributed by atoms with Crippen molar-refractivity contribution < 1.29 is 28.5 Å². The third-order valence-electron chi connectivity index (χ3n) is 5.75. The van der Waals surface area contributed by atoms with E-state index >= 15 is 0 Å². The molecular formula is C24H24FN3O5. The molecule has 1 aromatic heterocycles. The van der Waals surface area contributed by atoms with Crippen LogP contribution in [0, 0.1) is 5.82 Å². The van der Waals surface area contributed by atoms with Gasteiger partial charge in [0.1, 0.15) is 24.3 Å². The van der Waals surface area contributed by atoms with E-state index < -0.39 is 6.10 Å². The first-order chi connectivity index (χ1) is 16.1. The molecular weight excluding hydrogens is 429 g/mol. The lowest BCUT2D eigenvalue weighted by atomic mass is 9.95. The van der Waals surface area contributed by atoms with E-state index in [-0.39, 0.29) is 31.7 Å². The third kappa shape index (κ3) is 4.49. The van der Waals surface area contributed by atoms with Crippen LogP contribution in [0.2, 0.25) is 0 Å². The summed E-state index contributed by atoms with van der Waals surface area (Å²) in [5.74, 6) is 1.11. The van der Waals surface area contributed by atoms with Gasteiger partial charge in [0.2, 0.25) is 6.79 Å². The molecule has 9 heteroatoms. The maximum atomic E-state index is 13.3. The van der Waals surface area contributed by atoms with E-state index in [9.17, 15) is 14.3 Å². The number of rotatable bonds is 7. The predicted octanol–water partition coefficient (Wildman–Crippen LogP) is 2.79. The Morgan fingerprint density at radius 1 is 1.15 bits per heavy atom. The van der Waals surface area contributed by atoms with Gasteiger partial charge in [-0.2, -0.15) is 5.10 Å². The monoisotopic (exact) mass is 453 g/mol. The largest absolute Gasteiger partial charge is 0.491 e. The van der Waals surface area contributed by atoms with Crippen molar-refractivity contribution >= 4 is 5.91 Å². The van der Waals surface area contributed by atoms with Crippen molar-refractivity contribution in [2.45, 2.75) is 31.8 Å². The summed E-state index contributed by atoms with van der Waals surface area (Å²) >= 11 is 0. The van der Waals surface area contributed by atoms with Crippen molar-refractivity contribution in [3.05, 3.63) is 65.2 Å². The lowest BCUT2D eigenvalue weighted by molar-refractivity contribution is 0.0838. The van der Waals surface area contributed by atoms with E-state index in [1.807, 2.05) is 0 Å². The number of benzene rings is 2. The number of nitrogens with zero attached hydrogens (tertiary/aromatic N) is 2. The average molecular weight is 453 g/mol. The van der Waals surface area contributed by atoms with Crippen molar-refractivity contribution in [3.8, 4) is 22.9 Å². The quantitative estimate of drug-likeness (QED) is 0.571. The molecule has 0 bridgehead atoms. The minimum Gasteiger partial charge on any atom is -0.491 e. The van der Waals surface area contributed by atoms with Gasteiger partial charge in [0.15, 0.2) is 17.2 Å². The number of carbonyl (C=O) groups is 1. The van der Waals surface area contributed by atoms with Gasteiger partial charge in [-0.25, -0.2) is 9.07 Å². The zero-order chi connectivity index (χ0) is 22.8. The number of aromatic nitrogens is 2. The standard InChI is InChI=1S/C24H24FN3O5/c25-15-5-7-16(8-6-15)28-20-4-2-1-3-19(20)23(27-28)24(30)26-12-17(29)13-31-18-9-10-21-22(11-18)33-14-32-21/h5-11,17,29H,1-4,12-14H2,(H,26,30). The highest BCUT2D eigenvalue weighted by molar-refractivity contribution is 5.94. The smallest absolute Gasteiger partial charge is 0.272 e. The zero-order valence-electron chi connectivity index (χ0n) is 17.9. The molecule has 8 nitrogen and oxygen atoms in total. The van der Waals surface area contributed by atoms with E-state index in [0.29, 0.717) is 28.6 Å². The fraction of sp³-hybridized carbons (Fsp3) is 0.333. The van der Waals surface area contributed by atoms with Gasteiger partial charge in [-0.05, 0) is 62.1 Å². The molecule has 1 aliphatic carbocycles. The van der Waals surface area contributed by atoms with Crippen LogP contribution in [0.25, 0.3) is 5.69 Å². The number of hydrogen-bond acceptors (Lipinski definition) is 6. The van der Waals surface area contributed by atoms with Crippen LogP contribution >= 0.6 is 0 Å². The summed E-state index contributed by atoms with van der Waals surface area (Å²) in [4.78, 5) is 12.9. The van der Waals surface area contributed by atoms with Crippen LogP contribution in [0.3, 0.4) is 0 Å². The highest BCUT2D eigenvalue weighted by Crippen LogP contribution is 2.35. The fourth-order valence-electron chi connectivity index (χ4n) is 4.09. The van der Waals surface area contributed by atoms with Crippen LogP contribution in [0.15, 0.2) is 42.5 Å². The van der Waals surface area contributed by atoms with Gasteiger partial charge in [-0.3, -0.25) is 4.79 Å². The molecule has 2 aromatic carbocycles. The number of fused-ring (bicyclic) bond motifs is 2. The Labute approximate surface area is 189 Å². The average Bonchev–Trinajstić information content (AvgIpc) is 3.46. The van der Waals surface area contributed by atoms with Crippen LogP contribution in [0.4, 0.5) is 4.39 Å². The van der Waals surface area contributed by atoms with Crippen LogP contribution in [-0.4, -0.2) is 46.8 Å². The van der Waals surface area contributed by atoms with Crippen LogP contribution in [0.5, 0.6) is 17.2 Å². The van der Waals surface area contributed by atoms with E-state index in [4.69, 9.17) is 14.2 Å². The van der Waals surface area contributed by atoms with Gasteiger partial charge in [0, 0.05) is 23.9 Å². The topological polar surface area (TPSA) is 94.8 Å². The van der Waals surface area contributed by atoms with E-state index in [1.165, 1.54) is 12.1 Å². The number of halogens is 1. The Kier molecular flexibility index (Phi) is 5.87. The number of nitrogens with one attached hydrogen (secondary N) is 1. The fourth-order valence-corrected chi connectivity index (χ4v) is 4.09. The summed E-state index contributed by atoms with van der Waals surface area (Å²) in [7, 11) is 0. The van der Waals surface area contributed by atoms with Gasteiger partial charge < -0.3 is 24.6 Å². The Hall–Kier alpha value is -3.59. The second-order valence-electron chi connectivity index (χ2n) is 8.06. The summed E-state index contributed by atoms with van der Waals surface area (Å²) in [6.45, 7) is 0.192. The number of amides is 1. The molecule has 0 saturated carbocycles. The van der Waals surface area contributed by atoms with E-state index in [0.717, 1.165) is 36.9 Å². The Balaban J connectivity index is 1.22. The lowest BCUT2D eigenvalue weighted by Crippen LogP contribution is -2.36. The number of hydrogen-bond donors (Lipinski definition) is 2. The summed E-state index contributed by atoms with van der Waals surface area (Å²) in [5.41, 5.74) is 2.95. The van der Waals surface area contributed by atoms with Gasteiger partial charge in [0.05, 0.1) is 5.69 Å². The van der Waals surface area contributed by atoms with Crippen molar-refractivity contribution in [2.24, 2.45) is 0 Å². The number of ether oxygens (including phenoxy) is 3. The molecule has 2 N–H and O–H groups in total. The predicted molar refractivity (Wildman–Crippen MR) is 117 cm³/mol. The van der Waals surface area contributed by atoms with Gasteiger partial charge in [-0.15, -0.1) is 0 Å². The molecule has 0 fully saturated rings. The van der Waals surface area contributed by atoms with Crippen molar-refractivity contribution in [1.82, 2.24) is 15.1 Å². The molecule has 33 heavy (non-hydrogen) atoms. The summed E-state index contributed by atoms with van der Waals surface area (Å²) < 4.78 is 31.2. The van der Waals surface area contributed by atoms with Crippen LogP contribution in [-0.2, 0) is 12.8 Å². The maximum Gasteiger partial charge on any atom is 0.272 e. The number of aliphatic hydroxyl groups excluding tert-OH is 1. The molecule has 2 heterocycles. The molecule has 1 unspecified atom stereocenters. The SMILES string of the molecule is O=C(NCC(O)COc1ccc2c(c1)OCO2)c1nn(-c2ccc(F)cc2)c2c1CCCC2. The first-order valence-electron chi connectivity index (χ1n) is 10.9. The minimum atomic E-state index is -0.908. The molecule has 1 amide bonds. The summed E-state index contributed by atoms with van der Waals surface area (Å²) in [6, 6.07) is 11.2. The highest BCUT2D eigenvalue weighted by atomic mass is 19.1. The molecule has 0 saturated heterocycles. The van der Waals surface area contributed by atoms with Crippen molar-refractivity contribution in [3.63, 3.8) is 0 Å². The molecule has 1 aliphatic heterocycles. The number of carbonyl (C=O) groups excluding carboxylic acids is 1. The summed E-state index contributed by atoms with van der Waals surface area (Å²) in [5, 5.41) is 17.6. The molecule has 1 atom stereocenters. The van der Waals surface area contributed by atoms with Gasteiger partial charge >= 0.3 is 0 Å². The Bertz CT molecular complexity index is 1160. The second kappa shape index (κ2) is 9.11. The number of aliphatic hydroxyl groups is 1. The van der Waals surface area contributed by atoms with Gasteiger partial charge in [-0.1, -0.05) is 0 Å². The van der Waals surface area contributed by atoms with Gasteiger partial charge in [0.25, 0.3) is 5.91 Å². The third-order valence-corrected chi connectivity index (χ3v) is 5.75. The molecule has 0 spiro atoms. The summed E-state index contributed by atoms with van der Waals surface area (Å²) in [6.07, 6.45) is 2.65. The van der Waals surface area contributed by atoms with Crippen LogP contribution in [0.1, 0.15) is 34.6 Å². The van der Waals surface area contributed by atoms with Crippen molar-refractivity contribution in [2.75, 3.05) is 19.9 Å². The van der Waals surface area contributed by atoms with Crippen LogP contribution < -0.4 is 19.5 Å². The van der Waals surface area contributed by atoms with E-state index in [1.54, 1.807) is 35.0 Å². The van der Waals surface area contributed by atoms with Crippen molar-refractivity contribution in [1.29, 1.82) is 0 Å². The zero-order valence-corrected chi connectivity index (χ0v) is 17.9. The normalized spacial score (nSPS) is 15.1. The lowest BCUT2D eigenvalue weighted by Gasteiger charge is -2.15.